The van der Waals surface area contributed by atoms with Crippen molar-refractivity contribution in [2.24, 2.45) is 5.73 Å². The molecule has 0 bridgehead atoms. The van der Waals surface area contributed by atoms with Gasteiger partial charge < -0.3 is 15.6 Å². The average molecular weight is 293 g/mol. The Labute approximate surface area is 129 Å². The lowest BCUT2D eigenvalue weighted by molar-refractivity contribution is 0.132. The summed E-state index contributed by atoms with van der Waals surface area (Å²) in [7, 11) is 1.66. The van der Waals surface area contributed by atoms with Crippen molar-refractivity contribution in [3.63, 3.8) is 0 Å². The van der Waals surface area contributed by atoms with E-state index in [4.69, 9.17) is 10.5 Å². The van der Waals surface area contributed by atoms with E-state index in [1.165, 1.54) is 32.1 Å². The molecule has 3 nitrogen and oxygen atoms in total. The first-order chi connectivity index (χ1) is 10.2. The predicted octanol–water partition coefficient (Wildman–Crippen LogP) is 3.85. The molecule has 0 aliphatic rings. The summed E-state index contributed by atoms with van der Waals surface area (Å²) in [6, 6.07) is 7.86. The summed E-state index contributed by atoms with van der Waals surface area (Å²) in [6.07, 6.45) is 7.90. The van der Waals surface area contributed by atoms with Gasteiger partial charge in [0.1, 0.15) is 5.75 Å². The topological polar surface area (TPSA) is 55.5 Å². The van der Waals surface area contributed by atoms with Crippen LogP contribution in [-0.2, 0) is 0 Å². The van der Waals surface area contributed by atoms with Crippen molar-refractivity contribution in [1.82, 2.24) is 0 Å². The van der Waals surface area contributed by atoms with Gasteiger partial charge in [-0.2, -0.15) is 0 Å². The highest BCUT2D eigenvalue weighted by Crippen LogP contribution is 2.25. The van der Waals surface area contributed by atoms with Gasteiger partial charge in [-0.15, -0.1) is 0 Å². The van der Waals surface area contributed by atoms with E-state index in [9.17, 15) is 5.11 Å². The maximum atomic E-state index is 10.4. The van der Waals surface area contributed by atoms with Crippen molar-refractivity contribution < 1.29 is 9.84 Å². The van der Waals surface area contributed by atoms with Crippen LogP contribution in [-0.4, -0.2) is 24.9 Å². The van der Waals surface area contributed by atoms with E-state index >= 15 is 0 Å². The second kappa shape index (κ2) is 10.6. The standard InChI is InChI=1S/C18H31NO2/c1-3-4-5-6-7-8-12-18(20)17(14-19)15-10-9-11-16(13-15)21-2/h9-11,13,17-18,20H,3-8,12,14,19H2,1-2H3. The fourth-order valence-electron chi connectivity index (χ4n) is 2.72. The molecule has 1 rings (SSSR count). The third-order valence-corrected chi connectivity index (χ3v) is 4.09. The minimum absolute atomic E-state index is 0.00394. The van der Waals surface area contributed by atoms with Gasteiger partial charge in [0, 0.05) is 12.5 Å². The van der Waals surface area contributed by atoms with Crippen LogP contribution < -0.4 is 10.5 Å². The minimum Gasteiger partial charge on any atom is -0.497 e. The van der Waals surface area contributed by atoms with E-state index in [0.717, 1.165) is 24.2 Å². The van der Waals surface area contributed by atoms with Gasteiger partial charge >= 0.3 is 0 Å². The number of aliphatic hydroxyl groups excluding tert-OH is 1. The van der Waals surface area contributed by atoms with Crippen LogP contribution in [0.5, 0.6) is 5.75 Å². The van der Waals surface area contributed by atoms with Gasteiger partial charge in [-0.05, 0) is 24.1 Å². The van der Waals surface area contributed by atoms with Crippen LogP contribution in [0.4, 0.5) is 0 Å². The number of benzene rings is 1. The Morgan fingerprint density at radius 2 is 1.86 bits per heavy atom. The molecule has 0 saturated heterocycles. The average Bonchev–Trinajstić information content (AvgIpc) is 2.51. The molecule has 1 aromatic rings. The SMILES string of the molecule is CCCCCCCCC(O)C(CN)c1cccc(OC)c1. The highest BCUT2D eigenvalue weighted by atomic mass is 16.5. The molecule has 2 unspecified atom stereocenters. The van der Waals surface area contributed by atoms with Gasteiger partial charge in [-0.3, -0.25) is 0 Å². The fourth-order valence-corrected chi connectivity index (χ4v) is 2.72. The molecule has 0 aromatic heterocycles. The number of unbranched alkanes of at least 4 members (excludes halogenated alkanes) is 5. The highest BCUT2D eigenvalue weighted by molar-refractivity contribution is 5.31. The lowest BCUT2D eigenvalue weighted by atomic mass is 9.90. The summed E-state index contributed by atoms with van der Waals surface area (Å²) in [4.78, 5) is 0. The quantitative estimate of drug-likeness (QED) is 0.609. The zero-order valence-corrected chi connectivity index (χ0v) is 13.6. The van der Waals surface area contributed by atoms with Crippen molar-refractivity contribution in [2.75, 3.05) is 13.7 Å². The Morgan fingerprint density at radius 1 is 1.14 bits per heavy atom. The first-order valence-corrected chi connectivity index (χ1v) is 8.25. The molecule has 1 aromatic carbocycles. The van der Waals surface area contributed by atoms with E-state index in [2.05, 4.69) is 6.92 Å². The zero-order valence-electron chi connectivity index (χ0n) is 13.6. The van der Waals surface area contributed by atoms with Crippen molar-refractivity contribution >= 4 is 0 Å². The number of hydrogen-bond acceptors (Lipinski definition) is 3. The molecule has 0 radical (unpaired) electrons. The maximum Gasteiger partial charge on any atom is 0.119 e. The lowest BCUT2D eigenvalue weighted by Gasteiger charge is -2.22. The summed E-state index contributed by atoms with van der Waals surface area (Å²) in [5.41, 5.74) is 6.93. The first-order valence-electron chi connectivity index (χ1n) is 8.25. The third kappa shape index (κ3) is 6.49. The minimum atomic E-state index is -0.367. The molecular formula is C18H31NO2. The number of methoxy groups -OCH3 is 1. The van der Waals surface area contributed by atoms with Crippen LogP contribution in [0.3, 0.4) is 0 Å². The van der Waals surface area contributed by atoms with Gasteiger partial charge in [0.05, 0.1) is 13.2 Å². The van der Waals surface area contributed by atoms with Crippen LogP contribution in [0, 0.1) is 0 Å². The summed E-state index contributed by atoms with van der Waals surface area (Å²) in [6.45, 7) is 2.69. The molecule has 0 heterocycles. The first kappa shape index (κ1) is 18.0. The predicted molar refractivity (Wildman–Crippen MR) is 88.8 cm³/mol. The van der Waals surface area contributed by atoms with E-state index < -0.39 is 0 Å². The Balaban J connectivity index is 2.43. The van der Waals surface area contributed by atoms with Crippen molar-refractivity contribution in [2.45, 2.75) is 63.9 Å². The van der Waals surface area contributed by atoms with Crippen LogP contribution in [0.1, 0.15) is 63.4 Å². The fraction of sp³-hybridized carbons (Fsp3) is 0.667. The molecule has 0 saturated carbocycles. The summed E-state index contributed by atoms with van der Waals surface area (Å²) in [5.74, 6) is 0.813. The van der Waals surface area contributed by atoms with Gasteiger partial charge in [0.25, 0.3) is 0 Å². The Bertz CT molecular complexity index is 381. The third-order valence-electron chi connectivity index (χ3n) is 4.09. The zero-order chi connectivity index (χ0) is 15.5. The molecule has 0 spiro atoms. The van der Waals surface area contributed by atoms with Gasteiger partial charge in [0.15, 0.2) is 0 Å². The molecule has 0 amide bonds. The molecule has 0 aliphatic heterocycles. The number of aliphatic hydroxyl groups is 1. The lowest BCUT2D eigenvalue weighted by Crippen LogP contribution is -2.25. The van der Waals surface area contributed by atoms with Crippen LogP contribution >= 0.6 is 0 Å². The number of ether oxygens (including phenoxy) is 1. The molecule has 0 aliphatic carbocycles. The number of hydrogen-bond donors (Lipinski definition) is 2. The highest BCUT2D eigenvalue weighted by Gasteiger charge is 2.19. The largest absolute Gasteiger partial charge is 0.497 e. The van der Waals surface area contributed by atoms with E-state index in [-0.39, 0.29) is 12.0 Å². The monoisotopic (exact) mass is 293 g/mol. The number of nitrogens with two attached hydrogens (primary N) is 1. The second-order valence-electron chi connectivity index (χ2n) is 5.74. The molecule has 0 fully saturated rings. The van der Waals surface area contributed by atoms with Gasteiger partial charge in [-0.25, -0.2) is 0 Å². The maximum absolute atomic E-state index is 10.4. The Kier molecular flexibility index (Phi) is 9.11. The summed E-state index contributed by atoms with van der Waals surface area (Å²) in [5, 5.41) is 10.4. The molecule has 21 heavy (non-hydrogen) atoms. The van der Waals surface area contributed by atoms with E-state index in [1.807, 2.05) is 24.3 Å². The Hall–Kier alpha value is -1.06. The Morgan fingerprint density at radius 3 is 2.52 bits per heavy atom. The van der Waals surface area contributed by atoms with E-state index in [0.29, 0.717) is 6.54 Å². The molecule has 120 valence electrons. The van der Waals surface area contributed by atoms with E-state index in [1.54, 1.807) is 7.11 Å². The van der Waals surface area contributed by atoms with Crippen molar-refractivity contribution in [3.05, 3.63) is 29.8 Å². The van der Waals surface area contributed by atoms with Crippen molar-refractivity contribution in [3.8, 4) is 5.75 Å². The van der Waals surface area contributed by atoms with Crippen molar-refractivity contribution in [1.29, 1.82) is 0 Å². The van der Waals surface area contributed by atoms with Gasteiger partial charge in [0.2, 0.25) is 0 Å². The van der Waals surface area contributed by atoms with Gasteiger partial charge in [-0.1, -0.05) is 57.6 Å². The van der Waals surface area contributed by atoms with Crippen LogP contribution in [0.25, 0.3) is 0 Å². The molecule has 2 atom stereocenters. The summed E-state index contributed by atoms with van der Waals surface area (Å²) >= 11 is 0. The molecule has 3 heteroatoms. The number of rotatable bonds is 11. The molecule has 3 N–H and O–H groups in total. The smallest absolute Gasteiger partial charge is 0.119 e. The van der Waals surface area contributed by atoms with Crippen LogP contribution in [0.15, 0.2) is 24.3 Å². The second-order valence-corrected chi connectivity index (χ2v) is 5.74. The van der Waals surface area contributed by atoms with Crippen LogP contribution in [0.2, 0.25) is 0 Å². The summed E-state index contributed by atoms with van der Waals surface area (Å²) < 4.78 is 5.24. The normalized spacial score (nSPS) is 13.9. The molecular weight excluding hydrogens is 262 g/mol.